The number of rotatable bonds is 6. The van der Waals surface area contributed by atoms with Crippen molar-refractivity contribution < 1.29 is 4.79 Å². The molecule has 1 heteroatoms. The molecule has 2 fully saturated rings. The molecule has 3 aliphatic carbocycles. The molecule has 0 amide bonds. The first-order chi connectivity index (χ1) is 13.8. The van der Waals surface area contributed by atoms with Crippen LogP contribution < -0.4 is 0 Å². The van der Waals surface area contributed by atoms with Crippen LogP contribution >= 0.6 is 0 Å². The minimum absolute atomic E-state index is 0.352. The van der Waals surface area contributed by atoms with Crippen molar-refractivity contribution in [2.45, 2.75) is 112 Å². The lowest BCUT2D eigenvalue weighted by atomic mass is 9.61. The lowest BCUT2D eigenvalue weighted by Gasteiger charge is -2.44. The van der Waals surface area contributed by atoms with Crippen LogP contribution in [0.1, 0.15) is 112 Å². The topological polar surface area (TPSA) is 17.1 Å². The molecule has 3 aliphatic rings. The number of Topliss-reactive ketones (excluding diaryl/α,β-unsaturated/α-hetero) is 1. The normalized spacial score (nSPS) is 31.5. The van der Waals surface area contributed by atoms with Crippen LogP contribution in [0.5, 0.6) is 0 Å². The van der Waals surface area contributed by atoms with E-state index in [1.165, 1.54) is 56.9 Å². The van der Waals surface area contributed by atoms with Crippen LogP contribution in [0.2, 0.25) is 0 Å². The van der Waals surface area contributed by atoms with Crippen molar-refractivity contribution in [2.75, 3.05) is 0 Å². The van der Waals surface area contributed by atoms with Crippen LogP contribution in [0.15, 0.2) is 28.5 Å². The SMILES string of the molecule is CC1=C(C=C=C2CCCC3(C)C2CCC3C(C)CCCC(C)C)CCCCC1=O. The minimum atomic E-state index is 0.352. The molecule has 0 radical (unpaired) electrons. The Balaban J connectivity index is 1.76. The fraction of sp³-hybridized carbons (Fsp3) is 0.786. The summed E-state index contributed by atoms with van der Waals surface area (Å²) in [4.78, 5) is 12.2. The fourth-order valence-electron chi connectivity index (χ4n) is 6.70. The van der Waals surface area contributed by atoms with Crippen LogP contribution in [-0.4, -0.2) is 5.78 Å². The van der Waals surface area contributed by atoms with Gasteiger partial charge in [0.15, 0.2) is 5.78 Å². The predicted octanol–water partition coefficient (Wildman–Crippen LogP) is 8.21. The molecule has 0 aromatic rings. The molecule has 0 N–H and O–H groups in total. The Morgan fingerprint density at radius 3 is 2.59 bits per heavy atom. The predicted molar refractivity (Wildman–Crippen MR) is 124 cm³/mol. The highest BCUT2D eigenvalue weighted by Gasteiger charge is 2.50. The Bertz CT molecular complexity index is 687. The van der Waals surface area contributed by atoms with E-state index < -0.39 is 0 Å². The molecule has 3 rings (SSSR count). The van der Waals surface area contributed by atoms with Gasteiger partial charge < -0.3 is 0 Å². The van der Waals surface area contributed by atoms with Gasteiger partial charge in [-0.15, -0.1) is 5.73 Å². The van der Waals surface area contributed by atoms with E-state index in [1.54, 1.807) is 5.57 Å². The summed E-state index contributed by atoms with van der Waals surface area (Å²) in [6, 6.07) is 0. The summed E-state index contributed by atoms with van der Waals surface area (Å²) in [6.45, 7) is 11.8. The highest BCUT2D eigenvalue weighted by atomic mass is 16.1. The van der Waals surface area contributed by atoms with E-state index >= 15 is 0 Å². The molecule has 0 spiro atoms. The molecule has 0 aromatic carbocycles. The number of hydrogen-bond acceptors (Lipinski definition) is 1. The smallest absolute Gasteiger partial charge is 0.158 e. The fourth-order valence-corrected chi connectivity index (χ4v) is 6.70. The van der Waals surface area contributed by atoms with Gasteiger partial charge in [0.25, 0.3) is 0 Å². The molecule has 0 saturated heterocycles. The molecule has 0 aliphatic heterocycles. The summed E-state index contributed by atoms with van der Waals surface area (Å²) in [7, 11) is 0. The quantitative estimate of drug-likeness (QED) is 0.413. The van der Waals surface area contributed by atoms with Crippen molar-refractivity contribution in [2.24, 2.45) is 29.1 Å². The van der Waals surface area contributed by atoms with Crippen molar-refractivity contribution >= 4 is 5.78 Å². The number of carbonyl (C=O) groups is 1. The lowest BCUT2D eigenvalue weighted by molar-refractivity contribution is -0.115. The van der Waals surface area contributed by atoms with Crippen LogP contribution in [0.3, 0.4) is 0 Å². The zero-order valence-electron chi connectivity index (χ0n) is 19.8. The highest BCUT2D eigenvalue weighted by Crippen LogP contribution is 2.59. The first-order valence-corrected chi connectivity index (χ1v) is 12.5. The number of fused-ring (bicyclic) bond motifs is 1. The van der Waals surface area contributed by atoms with E-state index in [4.69, 9.17) is 0 Å². The molecule has 0 bridgehead atoms. The number of allylic oxidation sites excluding steroid dienone is 3. The third kappa shape index (κ3) is 5.16. The van der Waals surface area contributed by atoms with Gasteiger partial charge in [0, 0.05) is 6.42 Å². The van der Waals surface area contributed by atoms with E-state index in [1.807, 2.05) is 6.92 Å². The zero-order chi connectivity index (χ0) is 21.0. The first-order valence-electron chi connectivity index (χ1n) is 12.5. The van der Waals surface area contributed by atoms with Gasteiger partial charge >= 0.3 is 0 Å². The van der Waals surface area contributed by atoms with E-state index in [9.17, 15) is 4.79 Å². The Labute approximate surface area is 180 Å². The van der Waals surface area contributed by atoms with Gasteiger partial charge in [0.1, 0.15) is 0 Å². The Hall–Kier alpha value is -1.07. The van der Waals surface area contributed by atoms with Crippen molar-refractivity contribution in [3.05, 3.63) is 28.5 Å². The van der Waals surface area contributed by atoms with Crippen LogP contribution in [-0.2, 0) is 4.79 Å². The molecule has 1 nitrogen and oxygen atoms in total. The Kier molecular flexibility index (Phi) is 7.66. The van der Waals surface area contributed by atoms with Crippen LogP contribution in [0, 0.1) is 29.1 Å². The number of ketones is 1. The summed E-state index contributed by atoms with van der Waals surface area (Å²) in [5.74, 6) is 3.61. The summed E-state index contributed by atoms with van der Waals surface area (Å²) in [5, 5.41) is 0. The van der Waals surface area contributed by atoms with Gasteiger partial charge in [-0.1, -0.05) is 47.0 Å². The van der Waals surface area contributed by atoms with E-state index in [0.717, 1.165) is 49.0 Å². The van der Waals surface area contributed by atoms with Gasteiger partial charge in [0.2, 0.25) is 0 Å². The molecule has 4 unspecified atom stereocenters. The Morgan fingerprint density at radius 2 is 1.83 bits per heavy atom. The third-order valence-electron chi connectivity index (χ3n) is 8.55. The second-order valence-corrected chi connectivity index (χ2v) is 11.0. The monoisotopic (exact) mass is 396 g/mol. The summed E-state index contributed by atoms with van der Waals surface area (Å²) < 4.78 is 0. The summed E-state index contributed by atoms with van der Waals surface area (Å²) >= 11 is 0. The van der Waals surface area contributed by atoms with Gasteiger partial charge in [-0.25, -0.2) is 0 Å². The minimum Gasteiger partial charge on any atom is -0.295 e. The van der Waals surface area contributed by atoms with Crippen molar-refractivity contribution in [3.8, 4) is 0 Å². The van der Waals surface area contributed by atoms with Crippen LogP contribution in [0.25, 0.3) is 0 Å². The lowest BCUT2D eigenvalue weighted by Crippen LogP contribution is -2.35. The second kappa shape index (κ2) is 9.82. The molecule has 29 heavy (non-hydrogen) atoms. The molecular weight excluding hydrogens is 352 g/mol. The number of hydrogen-bond donors (Lipinski definition) is 0. The zero-order valence-corrected chi connectivity index (χ0v) is 19.8. The van der Waals surface area contributed by atoms with Crippen molar-refractivity contribution in [3.63, 3.8) is 0 Å². The molecular formula is C28H44O. The van der Waals surface area contributed by atoms with E-state index in [-0.39, 0.29) is 0 Å². The maximum Gasteiger partial charge on any atom is 0.158 e. The largest absolute Gasteiger partial charge is 0.295 e. The second-order valence-electron chi connectivity index (χ2n) is 11.0. The Morgan fingerprint density at radius 1 is 1.07 bits per heavy atom. The summed E-state index contributed by atoms with van der Waals surface area (Å²) in [5.41, 5.74) is 8.05. The molecule has 2 saturated carbocycles. The molecule has 0 heterocycles. The molecule has 4 atom stereocenters. The highest BCUT2D eigenvalue weighted by molar-refractivity contribution is 5.96. The van der Waals surface area contributed by atoms with Gasteiger partial charge in [0.05, 0.1) is 0 Å². The average Bonchev–Trinajstić information content (AvgIpc) is 2.95. The van der Waals surface area contributed by atoms with Gasteiger partial charge in [-0.3, -0.25) is 4.79 Å². The molecule has 162 valence electrons. The third-order valence-corrected chi connectivity index (χ3v) is 8.55. The first kappa shape index (κ1) is 22.6. The van der Waals surface area contributed by atoms with Crippen molar-refractivity contribution in [1.29, 1.82) is 0 Å². The maximum absolute atomic E-state index is 12.2. The standard InChI is InChI=1S/C28H44O/c1-20(2)10-8-11-21(3)25-17-18-26-24(13-9-19-28(25,26)5)16-15-23-12-6-7-14-27(29)22(23)4/h15,20-21,25-26H,6-14,17-19H2,1-5H3. The van der Waals surface area contributed by atoms with E-state index in [0.29, 0.717) is 17.1 Å². The summed E-state index contributed by atoms with van der Waals surface area (Å²) in [6.07, 6.45) is 17.0. The molecule has 0 aromatic heterocycles. The van der Waals surface area contributed by atoms with Crippen molar-refractivity contribution in [1.82, 2.24) is 0 Å². The number of carbonyl (C=O) groups excluding carboxylic acids is 1. The van der Waals surface area contributed by atoms with E-state index in [2.05, 4.69) is 39.5 Å². The van der Waals surface area contributed by atoms with Gasteiger partial charge in [-0.2, -0.15) is 0 Å². The average molecular weight is 397 g/mol. The van der Waals surface area contributed by atoms with Crippen LogP contribution in [0.4, 0.5) is 0 Å². The van der Waals surface area contributed by atoms with Gasteiger partial charge in [-0.05, 0) is 110 Å². The maximum atomic E-state index is 12.2.